The van der Waals surface area contributed by atoms with Gasteiger partial charge in [0, 0.05) is 12.6 Å². The molecule has 0 fully saturated rings. The number of imidazole rings is 1. The van der Waals surface area contributed by atoms with Crippen molar-refractivity contribution in [2.24, 2.45) is 0 Å². The van der Waals surface area contributed by atoms with Crippen LogP contribution in [0.3, 0.4) is 0 Å². The third-order valence-electron chi connectivity index (χ3n) is 3.71. The normalized spacial score (nSPS) is 10.8. The van der Waals surface area contributed by atoms with E-state index in [1.807, 2.05) is 6.20 Å². The lowest BCUT2D eigenvalue weighted by atomic mass is 10.1. The van der Waals surface area contributed by atoms with E-state index < -0.39 is 0 Å². The van der Waals surface area contributed by atoms with Crippen LogP contribution in [0.5, 0.6) is 0 Å². The highest BCUT2D eigenvalue weighted by Crippen LogP contribution is 2.26. The number of amides is 1. The molecule has 0 spiro atoms. The van der Waals surface area contributed by atoms with E-state index in [-0.39, 0.29) is 11.7 Å². The van der Waals surface area contributed by atoms with Crippen LogP contribution in [0.15, 0.2) is 46.2 Å². The molecule has 0 aliphatic carbocycles. The zero-order valence-corrected chi connectivity index (χ0v) is 15.3. The molecule has 0 unspecified atom stereocenters. The maximum atomic E-state index is 12.1. The summed E-state index contributed by atoms with van der Waals surface area (Å²) in [5, 5.41) is 7.30. The molecule has 1 amide bonds. The maximum absolute atomic E-state index is 12.1. The number of nitrogens with one attached hydrogen (secondary N) is 1. The summed E-state index contributed by atoms with van der Waals surface area (Å²) in [5.41, 5.74) is 3.40. The molecular weight excluding hydrogens is 336 g/mol. The maximum Gasteiger partial charge on any atom is 0.236 e. The monoisotopic (exact) mass is 356 g/mol. The van der Waals surface area contributed by atoms with Gasteiger partial charge in [-0.05, 0) is 26.3 Å². The average molecular weight is 356 g/mol. The van der Waals surface area contributed by atoms with Gasteiger partial charge in [0.2, 0.25) is 5.91 Å². The van der Waals surface area contributed by atoms with Gasteiger partial charge in [-0.3, -0.25) is 4.79 Å². The van der Waals surface area contributed by atoms with E-state index in [1.165, 1.54) is 17.3 Å². The molecule has 0 aliphatic heterocycles. The van der Waals surface area contributed by atoms with Crippen LogP contribution in [0.25, 0.3) is 11.3 Å². The SMILES string of the molecule is CCn1c(-c2ccc(C)cc2)cnc1SCC(=O)Nc1cc(C)on1. The van der Waals surface area contributed by atoms with E-state index >= 15 is 0 Å². The number of aryl methyl sites for hydroxylation is 2. The number of aromatic nitrogens is 3. The predicted octanol–water partition coefficient (Wildman–Crippen LogP) is 3.91. The Bertz CT molecular complexity index is 868. The molecule has 0 aliphatic rings. The molecule has 0 atom stereocenters. The van der Waals surface area contributed by atoms with E-state index in [1.54, 1.807) is 13.0 Å². The molecule has 0 radical (unpaired) electrons. The van der Waals surface area contributed by atoms with Gasteiger partial charge in [0.15, 0.2) is 11.0 Å². The van der Waals surface area contributed by atoms with Crippen molar-refractivity contribution in [1.82, 2.24) is 14.7 Å². The van der Waals surface area contributed by atoms with Gasteiger partial charge < -0.3 is 14.4 Å². The summed E-state index contributed by atoms with van der Waals surface area (Å²) in [6, 6.07) is 10.0. The summed E-state index contributed by atoms with van der Waals surface area (Å²) in [5.74, 6) is 1.21. The summed E-state index contributed by atoms with van der Waals surface area (Å²) in [6.45, 7) is 6.70. The number of hydrogen-bond donors (Lipinski definition) is 1. The number of nitrogens with zero attached hydrogens (tertiary/aromatic N) is 3. The van der Waals surface area contributed by atoms with E-state index in [4.69, 9.17) is 4.52 Å². The first-order valence-corrected chi connectivity index (χ1v) is 9.04. The molecule has 1 N–H and O–H groups in total. The largest absolute Gasteiger partial charge is 0.360 e. The Kier molecular flexibility index (Phi) is 5.23. The zero-order chi connectivity index (χ0) is 17.8. The van der Waals surface area contributed by atoms with Gasteiger partial charge in [-0.2, -0.15) is 0 Å². The van der Waals surface area contributed by atoms with Gasteiger partial charge in [-0.1, -0.05) is 46.7 Å². The van der Waals surface area contributed by atoms with Crippen molar-refractivity contribution in [3.63, 3.8) is 0 Å². The highest BCUT2D eigenvalue weighted by Gasteiger charge is 2.13. The minimum atomic E-state index is -0.138. The standard InChI is InChI=1S/C18H20N4O2S/c1-4-22-15(14-7-5-12(2)6-8-14)10-19-18(22)25-11-17(23)20-16-9-13(3)24-21-16/h5-10H,4,11H2,1-3H3,(H,20,21,23). The third kappa shape index (κ3) is 4.11. The van der Waals surface area contributed by atoms with Crippen molar-refractivity contribution < 1.29 is 9.32 Å². The molecule has 0 saturated heterocycles. The molecule has 3 aromatic rings. The van der Waals surface area contributed by atoms with E-state index in [0.717, 1.165) is 23.0 Å². The topological polar surface area (TPSA) is 73.0 Å². The summed E-state index contributed by atoms with van der Waals surface area (Å²) >= 11 is 1.41. The van der Waals surface area contributed by atoms with E-state index in [2.05, 4.69) is 58.1 Å². The number of benzene rings is 1. The van der Waals surface area contributed by atoms with Crippen LogP contribution in [0, 0.1) is 13.8 Å². The summed E-state index contributed by atoms with van der Waals surface area (Å²) in [7, 11) is 0. The first kappa shape index (κ1) is 17.3. The predicted molar refractivity (Wildman–Crippen MR) is 98.7 cm³/mol. The first-order valence-electron chi connectivity index (χ1n) is 8.05. The second-order valence-corrected chi connectivity index (χ2v) is 6.64. The van der Waals surface area contributed by atoms with Crippen molar-refractivity contribution in [3.05, 3.63) is 47.9 Å². The number of rotatable bonds is 6. The Labute approximate surface area is 150 Å². The van der Waals surface area contributed by atoms with Crippen molar-refractivity contribution in [2.45, 2.75) is 32.5 Å². The van der Waals surface area contributed by atoms with Crippen molar-refractivity contribution >= 4 is 23.5 Å². The third-order valence-corrected chi connectivity index (χ3v) is 4.70. The second kappa shape index (κ2) is 7.57. The lowest BCUT2D eigenvalue weighted by Crippen LogP contribution is -2.14. The summed E-state index contributed by atoms with van der Waals surface area (Å²) in [6.07, 6.45) is 1.86. The molecule has 1 aromatic carbocycles. The minimum Gasteiger partial charge on any atom is -0.360 e. The lowest BCUT2D eigenvalue weighted by Gasteiger charge is -2.09. The number of thioether (sulfide) groups is 1. The highest BCUT2D eigenvalue weighted by molar-refractivity contribution is 7.99. The molecule has 7 heteroatoms. The van der Waals surface area contributed by atoms with Crippen LogP contribution >= 0.6 is 11.8 Å². The van der Waals surface area contributed by atoms with Crippen LogP contribution in [-0.4, -0.2) is 26.4 Å². The number of anilines is 1. The van der Waals surface area contributed by atoms with Gasteiger partial charge in [0.25, 0.3) is 0 Å². The molecule has 0 saturated carbocycles. The minimum absolute atomic E-state index is 0.138. The Balaban J connectivity index is 1.68. The molecule has 0 bridgehead atoms. The fraction of sp³-hybridized carbons (Fsp3) is 0.278. The Morgan fingerprint density at radius 2 is 2.04 bits per heavy atom. The number of carbonyl (C=O) groups excluding carboxylic acids is 1. The van der Waals surface area contributed by atoms with Gasteiger partial charge in [0.05, 0.1) is 17.6 Å². The van der Waals surface area contributed by atoms with Crippen LogP contribution in [0.4, 0.5) is 5.82 Å². The molecule has 2 aromatic heterocycles. The van der Waals surface area contributed by atoms with Crippen LogP contribution in [0.2, 0.25) is 0 Å². The Hall–Kier alpha value is -2.54. The fourth-order valence-electron chi connectivity index (χ4n) is 2.47. The van der Waals surface area contributed by atoms with Crippen LogP contribution in [0.1, 0.15) is 18.2 Å². The summed E-state index contributed by atoms with van der Waals surface area (Å²) in [4.78, 5) is 16.5. The molecule has 130 valence electrons. The van der Waals surface area contributed by atoms with E-state index in [9.17, 15) is 4.79 Å². The highest BCUT2D eigenvalue weighted by atomic mass is 32.2. The van der Waals surface area contributed by atoms with Crippen LogP contribution < -0.4 is 5.32 Å². The lowest BCUT2D eigenvalue weighted by molar-refractivity contribution is -0.113. The van der Waals surface area contributed by atoms with Gasteiger partial charge in [0.1, 0.15) is 5.76 Å². The zero-order valence-electron chi connectivity index (χ0n) is 14.4. The smallest absolute Gasteiger partial charge is 0.236 e. The van der Waals surface area contributed by atoms with Crippen molar-refractivity contribution in [1.29, 1.82) is 0 Å². The molecular formula is C18H20N4O2S. The molecule has 6 nitrogen and oxygen atoms in total. The second-order valence-electron chi connectivity index (χ2n) is 5.70. The molecule has 25 heavy (non-hydrogen) atoms. The summed E-state index contributed by atoms with van der Waals surface area (Å²) < 4.78 is 7.05. The number of hydrogen-bond acceptors (Lipinski definition) is 5. The average Bonchev–Trinajstić information content (AvgIpc) is 3.19. The Morgan fingerprint density at radius 1 is 1.28 bits per heavy atom. The van der Waals surface area contributed by atoms with Gasteiger partial charge in [-0.15, -0.1) is 0 Å². The molecule has 2 heterocycles. The van der Waals surface area contributed by atoms with Crippen molar-refractivity contribution in [3.8, 4) is 11.3 Å². The Morgan fingerprint density at radius 3 is 2.68 bits per heavy atom. The van der Waals surface area contributed by atoms with Gasteiger partial charge in [-0.25, -0.2) is 4.98 Å². The fourth-order valence-corrected chi connectivity index (χ4v) is 3.31. The van der Waals surface area contributed by atoms with Gasteiger partial charge >= 0.3 is 0 Å². The van der Waals surface area contributed by atoms with Crippen LogP contribution in [-0.2, 0) is 11.3 Å². The van der Waals surface area contributed by atoms with Crippen molar-refractivity contribution in [2.75, 3.05) is 11.1 Å². The van der Waals surface area contributed by atoms with E-state index in [0.29, 0.717) is 11.6 Å². The quantitative estimate of drug-likeness (QED) is 0.678. The first-order chi connectivity index (χ1) is 12.1. The molecule has 3 rings (SSSR count). The number of carbonyl (C=O) groups is 1.